The van der Waals surface area contributed by atoms with Crippen molar-refractivity contribution in [3.63, 3.8) is 0 Å². The van der Waals surface area contributed by atoms with Crippen molar-refractivity contribution in [1.29, 1.82) is 0 Å². The molecule has 7 rings (SSSR count). The molecule has 4 bridgehead atoms. The van der Waals surface area contributed by atoms with Crippen LogP contribution in [0.5, 0.6) is 0 Å². The minimum absolute atomic E-state index is 0.186. The van der Waals surface area contributed by atoms with Gasteiger partial charge in [-0.15, -0.1) is 0 Å². The number of hydrogen-bond donors (Lipinski definition) is 2. The summed E-state index contributed by atoms with van der Waals surface area (Å²) in [4.78, 5) is 3.67. The molecule has 2 aromatic carbocycles. The van der Waals surface area contributed by atoms with Crippen molar-refractivity contribution in [1.82, 2.24) is 4.98 Å². The molecule has 162 valence electrons. The molecule has 3 N–H and O–H groups in total. The molecule has 3 heteroatoms. The second-order valence-corrected chi connectivity index (χ2v) is 10.7. The van der Waals surface area contributed by atoms with E-state index in [4.69, 9.17) is 5.73 Å². The maximum absolute atomic E-state index is 13.5. The zero-order chi connectivity index (χ0) is 21.0. The van der Waals surface area contributed by atoms with E-state index in [1.54, 1.807) is 17.7 Å². The summed E-state index contributed by atoms with van der Waals surface area (Å²) in [6.45, 7) is 0.729. The maximum Gasteiger partial charge on any atom is 0.123 e. The van der Waals surface area contributed by atoms with Gasteiger partial charge in [0.2, 0.25) is 0 Å². The van der Waals surface area contributed by atoms with Gasteiger partial charge >= 0.3 is 0 Å². The van der Waals surface area contributed by atoms with Crippen LogP contribution in [0.4, 0.5) is 4.39 Å². The molecule has 4 saturated carbocycles. The Labute approximate surface area is 184 Å². The van der Waals surface area contributed by atoms with E-state index in [1.807, 2.05) is 12.1 Å². The minimum Gasteiger partial charge on any atom is -0.354 e. The number of halogens is 1. The first-order chi connectivity index (χ1) is 15.1. The smallest absolute Gasteiger partial charge is 0.123 e. The first-order valence-electron chi connectivity index (χ1n) is 12.2. The zero-order valence-corrected chi connectivity index (χ0v) is 18.3. The van der Waals surface area contributed by atoms with Gasteiger partial charge in [-0.2, -0.15) is 0 Å². The summed E-state index contributed by atoms with van der Waals surface area (Å²) in [5, 5.41) is 1.37. The molecular weight excluding hydrogens is 383 g/mol. The number of nitrogens with two attached hydrogens (primary N) is 1. The summed E-state index contributed by atoms with van der Waals surface area (Å²) in [5.41, 5.74) is 12.6. The lowest BCUT2D eigenvalue weighted by Crippen LogP contribution is -2.48. The largest absolute Gasteiger partial charge is 0.354 e. The Morgan fingerprint density at radius 2 is 1.58 bits per heavy atom. The highest BCUT2D eigenvalue weighted by atomic mass is 19.1. The van der Waals surface area contributed by atoms with Crippen molar-refractivity contribution in [2.24, 2.45) is 23.5 Å². The van der Waals surface area contributed by atoms with Crippen LogP contribution in [0.2, 0.25) is 0 Å². The Kier molecular flexibility index (Phi) is 4.72. The van der Waals surface area contributed by atoms with Crippen LogP contribution < -0.4 is 5.73 Å². The lowest BCUT2D eigenvalue weighted by molar-refractivity contribution is -0.00513. The number of hydrogen-bond acceptors (Lipinski definition) is 1. The number of fused-ring (bicyclic) bond motifs is 1. The zero-order valence-electron chi connectivity index (χ0n) is 18.3. The summed E-state index contributed by atoms with van der Waals surface area (Å²) in [6.07, 6.45) is 11.7. The fraction of sp³-hybridized carbons (Fsp3) is 0.500. The third-order valence-corrected chi connectivity index (χ3v) is 8.57. The number of aromatic nitrogens is 1. The van der Waals surface area contributed by atoms with Gasteiger partial charge in [0.15, 0.2) is 0 Å². The lowest BCUT2D eigenvalue weighted by atomic mass is 9.48. The highest BCUT2D eigenvalue weighted by molar-refractivity contribution is 5.91. The van der Waals surface area contributed by atoms with Crippen LogP contribution in [0, 0.1) is 23.6 Å². The van der Waals surface area contributed by atoms with Gasteiger partial charge in [-0.3, -0.25) is 0 Å². The number of rotatable bonds is 6. The van der Waals surface area contributed by atoms with Crippen LogP contribution >= 0.6 is 0 Å². The summed E-state index contributed by atoms with van der Waals surface area (Å²) < 4.78 is 13.5. The van der Waals surface area contributed by atoms with Gasteiger partial charge in [0.25, 0.3) is 0 Å². The fourth-order valence-electron chi connectivity index (χ4n) is 7.61. The Bertz CT molecular complexity index is 1060. The van der Waals surface area contributed by atoms with E-state index in [1.165, 1.54) is 55.0 Å². The summed E-state index contributed by atoms with van der Waals surface area (Å²) >= 11 is 0. The predicted molar refractivity (Wildman–Crippen MR) is 126 cm³/mol. The Morgan fingerprint density at radius 1 is 0.903 bits per heavy atom. The van der Waals surface area contributed by atoms with E-state index >= 15 is 0 Å². The number of benzene rings is 2. The second kappa shape index (κ2) is 7.48. The van der Waals surface area contributed by atoms with Gasteiger partial charge in [0.05, 0.1) is 0 Å². The average molecular weight is 417 g/mol. The third kappa shape index (κ3) is 3.33. The van der Waals surface area contributed by atoms with Crippen LogP contribution in [0.25, 0.3) is 22.2 Å². The molecular formula is C28H33FN2. The Morgan fingerprint density at radius 3 is 2.23 bits per heavy atom. The normalized spacial score (nSPS) is 29.2. The number of H-pyrrole nitrogens is 1. The lowest BCUT2D eigenvalue weighted by Gasteiger charge is -2.57. The quantitative estimate of drug-likeness (QED) is 0.430. The molecule has 0 unspecified atom stereocenters. The van der Waals surface area contributed by atoms with Crippen LogP contribution in [0.15, 0.2) is 42.5 Å². The van der Waals surface area contributed by atoms with Crippen LogP contribution in [-0.4, -0.2) is 11.5 Å². The highest BCUT2D eigenvalue weighted by Crippen LogP contribution is 2.61. The fourth-order valence-corrected chi connectivity index (χ4v) is 7.61. The van der Waals surface area contributed by atoms with Crippen molar-refractivity contribution in [2.45, 2.75) is 63.2 Å². The van der Waals surface area contributed by atoms with Crippen LogP contribution in [-0.2, 0) is 11.8 Å². The van der Waals surface area contributed by atoms with Gasteiger partial charge < -0.3 is 10.7 Å². The van der Waals surface area contributed by atoms with Crippen LogP contribution in [0.1, 0.15) is 62.5 Å². The van der Waals surface area contributed by atoms with Gasteiger partial charge in [0, 0.05) is 16.6 Å². The van der Waals surface area contributed by atoms with Gasteiger partial charge in [-0.05, 0) is 141 Å². The molecule has 4 aliphatic carbocycles. The van der Waals surface area contributed by atoms with Crippen molar-refractivity contribution in [3.8, 4) is 11.3 Å². The molecule has 4 fully saturated rings. The molecule has 3 aromatic rings. The Hall–Kier alpha value is -2.13. The molecule has 0 amide bonds. The standard InChI is InChI=1S/C28H33FN2/c29-23-7-4-21(5-8-23)27-24(3-1-2-10-30)25-14-22(6-9-26(25)31-27)28-15-18-11-19(16-28)13-20(12-18)17-28/h4-9,14,18-20,31H,1-3,10-13,15-17,30H2. The predicted octanol–water partition coefficient (Wildman–Crippen LogP) is 6.72. The topological polar surface area (TPSA) is 41.8 Å². The molecule has 0 spiro atoms. The number of unbranched alkanes of at least 4 members (excludes halogenated alkanes) is 1. The van der Waals surface area contributed by atoms with E-state index < -0.39 is 0 Å². The van der Waals surface area contributed by atoms with E-state index in [2.05, 4.69) is 23.2 Å². The third-order valence-electron chi connectivity index (χ3n) is 8.57. The molecule has 1 aromatic heterocycles. The molecule has 0 atom stereocenters. The van der Waals surface area contributed by atoms with E-state index in [-0.39, 0.29) is 5.82 Å². The molecule has 1 heterocycles. The van der Waals surface area contributed by atoms with Crippen molar-refractivity contribution in [3.05, 3.63) is 59.4 Å². The Balaban J connectivity index is 1.44. The number of aryl methyl sites for hydroxylation is 1. The number of aromatic amines is 1. The van der Waals surface area contributed by atoms with E-state index in [9.17, 15) is 4.39 Å². The average Bonchev–Trinajstić information content (AvgIpc) is 3.11. The van der Waals surface area contributed by atoms with Crippen molar-refractivity contribution < 1.29 is 4.39 Å². The maximum atomic E-state index is 13.5. The second-order valence-electron chi connectivity index (χ2n) is 10.7. The summed E-state index contributed by atoms with van der Waals surface area (Å²) in [6, 6.07) is 14.1. The summed E-state index contributed by atoms with van der Waals surface area (Å²) in [7, 11) is 0. The molecule has 2 nitrogen and oxygen atoms in total. The summed E-state index contributed by atoms with van der Waals surface area (Å²) in [5.74, 6) is 2.67. The van der Waals surface area contributed by atoms with Gasteiger partial charge in [-0.1, -0.05) is 6.07 Å². The number of nitrogens with one attached hydrogen (secondary N) is 1. The van der Waals surface area contributed by atoms with E-state index in [0.29, 0.717) is 5.41 Å². The molecule has 31 heavy (non-hydrogen) atoms. The van der Waals surface area contributed by atoms with Crippen molar-refractivity contribution in [2.75, 3.05) is 6.54 Å². The monoisotopic (exact) mass is 416 g/mol. The first kappa shape index (κ1) is 19.5. The SMILES string of the molecule is NCCCCc1c(-c2ccc(F)cc2)[nH]c2ccc(C34CC5CC(CC(C5)C3)C4)cc12. The molecule has 4 aliphatic rings. The molecule has 0 aliphatic heterocycles. The minimum atomic E-state index is -0.186. The van der Waals surface area contributed by atoms with Gasteiger partial charge in [0.1, 0.15) is 5.82 Å². The van der Waals surface area contributed by atoms with Crippen molar-refractivity contribution >= 4 is 10.9 Å². The van der Waals surface area contributed by atoms with Gasteiger partial charge in [-0.25, -0.2) is 4.39 Å². The van der Waals surface area contributed by atoms with Crippen LogP contribution in [0.3, 0.4) is 0 Å². The highest BCUT2D eigenvalue weighted by Gasteiger charge is 2.51. The molecule has 0 saturated heterocycles. The van der Waals surface area contributed by atoms with E-state index in [0.717, 1.165) is 54.8 Å². The first-order valence-corrected chi connectivity index (χ1v) is 12.2. The molecule has 0 radical (unpaired) electrons.